The van der Waals surface area contributed by atoms with Crippen LogP contribution in [0.5, 0.6) is 0 Å². The van der Waals surface area contributed by atoms with E-state index in [1.807, 2.05) is 0 Å². The second-order valence-corrected chi connectivity index (χ2v) is 2.88. The summed E-state index contributed by atoms with van der Waals surface area (Å²) in [5, 5.41) is 8.35. The Kier molecular flexibility index (Phi) is 2.97. The average Bonchev–Trinajstić information content (AvgIpc) is 2.05. The summed E-state index contributed by atoms with van der Waals surface area (Å²) in [6.07, 6.45) is -5.37. The van der Waals surface area contributed by atoms with E-state index in [0.717, 1.165) is 6.07 Å². The molecule has 0 saturated heterocycles. The zero-order valence-corrected chi connectivity index (χ0v) is 7.31. The molecule has 0 spiro atoms. The molecule has 2 nitrogen and oxygen atoms in total. The van der Waals surface area contributed by atoms with Crippen molar-refractivity contribution in [3.05, 3.63) is 35.1 Å². The van der Waals surface area contributed by atoms with Gasteiger partial charge in [0.1, 0.15) is 5.82 Å². The third kappa shape index (κ3) is 2.93. The summed E-state index contributed by atoms with van der Waals surface area (Å²) >= 11 is 0. The maximum Gasteiger partial charge on any atom is 0.419 e. The summed E-state index contributed by atoms with van der Waals surface area (Å²) in [7, 11) is 0. The number of halogens is 4. The van der Waals surface area contributed by atoms with E-state index in [-0.39, 0.29) is 5.56 Å². The number of carboxylic acid groups (broad SMARTS) is 1. The lowest BCUT2D eigenvalue weighted by Gasteiger charge is -2.08. The van der Waals surface area contributed by atoms with Gasteiger partial charge >= 0.3 is 12.1 Å². The van der Waals surface area contributed by atoms with Crippen LogP contribution in [0.25, 0.3) is 0 Å². The Labute approximate surface area is 82.1 Å². The van der Waals surface area contributed by atoms with Crippen molar-refractivity contribution in [2.75, 3.05) is 0 Å². The van der Waals surface area contributed by atoms with Crippen LogP contribution in [0.3, 0.4) is 0 Å². The van der Waals surface area contributed by atoms with Crippen LogP contribution in [0.2, 0.25) is 0 Å². The quantitative estimate of drug-likeness (QED) is 0.780. The normalized spacial score (nSPS) is 11.5. The van der Waals surface area contributed by atoms with Crippen LogP contribution < -0.4 is 0 Å². The highest BCUT2D eigenvalue weighted by Gasteiger charge is 2.34. The molecule has 0 aliphatic rings. The molecule has 0 amide bonds. The number of hydrogen-bond acceptors (Lipinski definition) is 1. The van der Waals surface area contributed by atoms with Crippen LogP contribution in [-0.2, 0) is 17.4 Å². The van der Waals surface area contributed by atoms with Gasteiger partial charge in [-0.2, -0.15) is 13.2 Å². The third-order valence-electron chi connectivity index (χ3n) is 1.69. The van der Waals surface area contributed by atoms with Gasteiger partial charge in [0.15, 0.2) is 0 Å². The second-order valence-electron chi connectivity index (χ2n) is 2.88. The van der Waals surface area contributed by atoms with Gasteiger partial charge in [0.05, 0.1) is 12.0 Å². The molecule has 0 radical (unpaired) electrons. The van der Waals surface area contributed by atoms with Gasteiger partial charge in [-0.05, 0) is 17.7 Å². The summed E-state index contributed by atoms with van der Waals surface area (Å²) in [5.41, 5.74) is -1.53. The molecule has 0 aliphatic carbocycles. The van der Waals surface area contributed by atoms with E-state index >= 15 is 0 Å². The van der Waals surface area contributed by atoms with E-state index in [1.165, 1.54) is 0 Å². The van der Waals surface area contributed by atoms with Crippen LogP contribution in [0.1, 0.15) is 11.1 Å². The van der Waals surface area contributed by atoms with Crippen LogP contribution in [0, 0.1) is 5.82 Å². The van der Waals surface area contributed by atoms with Crippen molar-refractivity contribution >= 4 is 5.97 Å². The minimum Gasteiger partial charge on any atom is -0.481 e. The fourth-order valence-corrected chi connectivity index (χ4v) is 1.07. The predicted molar refractivity (Wildman–Crippen MR) is 42.7 cm³/mol. The van der Waals surface area contributed by atoms with Crippen LogP contribution in [-0.4, -0.2) is 11.1 Å². The molecule has 0 aliphatic heterocycles. The molecule has 1 rings (SSSR count). The Morgan fingerprint density at radius 1 is 1.33 bits per heavy atom. The molecule has 0 fully saturated rings. The number of hydrogen-bond donors (Lipinski definition) is 1. The summed E-state index contributed by atoms with van der Waals surface area (Å²) in [6.45, 7) is 0. The van der Waals surface area contributed by atoms with E-state index in [2.05, 4.69) is 0 Å². The van der Waals surface area contributed by atoms with Crippen molar-refractivity contribution < 1.29 is 27.5 Å². The summed E-state index contributed by atoms with van der Waals surface area (Å²) in [4.78, 5) is 10.2. The van der Waals surface area contributed by atoms with Gasteiger partial charge < -0.3 is 5.11 Å². The second kappa shape index (κ2) is 3.88. The van der Waals surface area contributed by atoms with Crippen molar-refractivity contribution in [1.29, 1.82) is 0 Å². The number of aliphatic carboxylic acids is 1. The Morgan fingerprint density at radius 2 is 1.93 bits per heavy atom. The Hall–Kier alpha value is -1.59. The minimum absolute atomic E-state index is 0.0868. The van der Waals surface area contributed by atoms with Crippen molar-refractivity contribution in [3.63, 3.8) is 0 Å². The Bertz CT molecular complexity index is 384. The Morgan fingerprint density at radius 3 is 2.40 bits per heavy atom. The molecule has 1 aromatic carbocycles. The van der Waals surface area contributed by atoms with Crippen LogP contribution in [0.15, 0.2) is 18.2 Å². The molecule has 0 heterocycles. The maximum absolute atomic E-state index is 12.7. The van der Waals surface area contributed by atoms with E-state index in [1.54, 1.807) is 0 Å². The maximum atomic E-state index is 12.7. The zero-order chi connectivity index (χ0) is 11.6. The molecular formula is C9H6F4O2. The minimum atomic E-state index is -4.81. The van der Waals surface area contributed by atoms with Gasteiger partial charge in [0.25, 0.3) is 0 Å². The number of rotatable bonds is 2. The van der Waals surface area contributed by atoms with E-state index < -0.39 is 29.9 Å². The largest absolute Gasteiger partial charge is 0.481 e. The van der Waals surface area contributed by atoms with E-state index in [4.69, 9.17) is 5.11 Å². The lowest BCUT2D eigenvalue weighted by molar-refractivity contribution is -0.140. The molecular weight excluding hydrogens is 216 g/mol. The first-order valence-electron chi connectivity index (χ1n) is 3.88. The zero-order valence-electron chi connectivity index (χ0n) is 7.31. The summed E-state index contributed by atoms with van der Waals surface area (Å²) < 4.78 is 49.3. The number of carbonyl (C=O) groups is 1. The fourth-order valence-electron chi connectivity index (χ4n) is 1.07. The molecule has 1 N–H and O–H groups in total. The van der Waals surface area contributed by atoms with Gasteiger partial charge in [-0.15, -0.1) is 0 Å². The van der Waals surface area contributed by atoms with Crippen molar-refractivity contribution in [1.82, 2.24) is 0 Å². The highest BCUT2D eigenvalue weighted by molar-refractivity contribution is 5.70. The molecule has 6 heteroatoms. The van der Waals surface area contributed by atoms with Gasteiger partial charge in [-0.3, -0.25) is 4.79 Å². The average molecular weight is 222 g/mol. The van der Waals surface area contributed by atoms with Crippen molar-refractivity contribution in [2.24, 2.45) is 0 Å². The number of alkyl halides is 3. The van der Waals surface area contributed by atoms with Crippen molar-refractivity contribution in [2.45, 2.75) is 12.6 Å². The number of benzene rings is 1. The van der Waals surface area contributed by atoms with E-state index in [9.17, 15) is 22.4 Å². The molecule has 0 unspecified atom stereocenters. The van der Waals surface area contributed by atoms with Crippen molar-refractivity contribution in [3.8, 4) is 0 Å². The number of carboxylic acids is 1. The molecule has 82 valence electrons. The van der Waals surface area contributed by atoms with Crippen LogP contribution >= 0.6 is 0 Å². The smallest absolute Gasteiger partial charge is 0.419 e. The van der Waals surface area contributed by atoms with Gasteiger partial charge in [-0.1, -0.05) is 6.07 Å². The lowest BCUT2D eigenvalue weighted by atomic mass is 10.1. The third-order valence-corrected chi connectivity index (χ3v) is 1.69. The standard InChI is InChI=1S/C9H6F4O2/c10-7-2-1-5(4-8(14)15)3-6(7)9(11,12)13/h1-3H,4H2,(H,14,15). The van der Waals surface area contributed by atoms with E-state index in [0.29, 0.717) is 12.1 Å². The van der Waals surface area contributed by atoms with Gasteiger partial charge in [-0.25, -0.2) is 4.39 Å². The first-order valence-corrected chi connectivity index (χ1v) is 3.88. The molecule has 0 aromatic heterocycles. The lowest BCUT2D eigenvalue weighted by Crippen LogP contribution is -2.10. The predicted octanol–water partition coefficient (Wildman–Crippen LogP) is 2.47. The molecule has 0 atom stereocenters. The topological polar surface area (TPSA) is 37.3 Å². The molecule has 1 aromatic rings. The van der Waals surface area contributed by atoms with Gasteiger partial charge in [0.2, 0.25) is 0 Å². The molecule has 15 heavy (non-hydrogen) atoms. The Balaban J connectivity index is 3.11. The monoisotopic (exact) mass is 222 g/mol. The first-order chi connectivity index (χ1) is 6.80. The highest BCUT2D eigenvalue weighted by Crippen LogP contribution is 2.31. The molecule has 0 bridgehead atoms. The fraction of sp³-hybridized carbons (Fsp3) is 0.222. The summed E-state index contributed by atoms with van der Waals surface area (Å²) in [6, 6.07) is 2.13. The molecule has 0 saturated carbocycles. The summed E-state index contributed by atoms with van der Waals surface area (Å²) in [5.74, 6) is -2.67. The first kappa shape index (κ1) is 11.5. The van der Waals surface area contributed by atoms with Crippen LogP contribution in [0.4, 0.5) is 17.6 Å². The highest BCUT2D eigenvalue weighted by atomic mass is 19.4. The van der Waals surface area contributed by atoms with Gasteiger partial charge in [0, 0.05) is 0 Å². The SMILES string of the molecule is O=C(O)Cc1ccc(F)c(C(F)(F)F)c1.